The van der Waals surface area contributed by atoms with Gasteiger partial charge in [0.1, 0.15) is 34.5 Å². The van der Waals surface area contributed by atoms with Gasteiger partial charge in [-0.15, -0.1) is 0 Å². The van der Waals surface area contributed by atoms with Crippen LogP contribution in [0.2, 0.25) is 0 Å². The second kappa shape index (κ2) is 13.1. The number of hydrogen-bond acceptors (Lipinski definition) is 6. The van der Waals surface area contributed by atoms with Crippen molar-refractivity contribution in [3.8, 4) is 34.5 Å². The third kappa shape index (κ3) is 6.11. The molecule has 6 nitrogen and oxygen atoms in total. The van der Waals surface area contributed by atoms with Crippen LogP contribution in [0.4, 0.5) is 0 Å². The summed E-state index contributed by atoms with van der Waals surface area (Å²) < 4.78 is 39.0. The van der Waals surface area contributed by atoms with Crippen LogP contribution in [0.1, 0.15) is 66.8 Å². The van der Waals surface area contributed by atoms with Gasteiger partial charge >= 0.3 is 0 Å². The maximum Gasteiger partial charge on any atom is 0.230 e. The average molecular weight is 799 g/mol. The van der Waals surface area contributed by atoms with Crippen LogP contribution >= 0.6 is 22.6 Å². The van der Waals surface area contributed by atoms with Gasteiger partial charge in [0, 0.05) is 0 Å². The zero-order valence-corrected chi connectivity index (χ0v) is 30.7. The predicted molar refractivity (Wildman–Crippen MR) is 207 cm³/mol. The molecular formula is C45H35IO6. The topological polar surface area (TPSA) is 55.4 Å². The SMILES string of the molecule is Ic1c2ccc3c1Cc1ccc4cc1Cc1ccc(cc1C3)OCOc1ccc3c(c1)Cc1ccc(cc1Cc1ccc(cc1C3)OCO2)OCO4. The van der Waals surface area contributed by atoms with E-state index in [0.717, 1.165) is 76.6 Å². The first-order valence-corrected chi connectivity index (χ1v) is 18.8. The fourth-order valence-corrected chi connectivity index (χ4v) is 8.83. The normalized spacial score (nSPS) is 15.2. The zero-order chi connectivity index (χ0) is 34.6. The number of rotatable bonds is 0. The van der Waals surface area contributed by atoms with Crippen LogP contribution in [-0.2, 0) is 38.5 Å². The first kappa shape index (κ1) is 31.6. The Morgan fingerprint density at radius 1 is 0.308 bits per heavy atom. The second-order valence-electron chi connectivity index (χ2n) is 13.9. The molecule has 0 amide bonds. The first-order valence-electron chi connectivity index (χ1n) is 17.7. The summed E-state index contributed by atoms with van der Waals surface area (Å²) in [5, 5.41) is 0. The van der Waals surface area contributed by atoms with Crippen LogP contribution in [-0.4, -0.2) is 20.4 Å². The standard InChI is InChI=1S/C45H35IO6/c46-45-43-23-31-5-11-41-21-36(31)16-30-4-9-40-22-37(30)17-32(43)6-12-44(45)52-26-51-42-10-3-29-14-34-19-39(48-25-50-41)7-1-27(34)13-33-18-38(47-24-49-40)8-2-28(33)15-35(29)20-42/h1-12,18-22H,13-17,23-26H2. The van der Waals surface area contributed by atoms with E-state index in [0.29, 0.717) is 0 Å². The number of benzene rings is 6. The molecule has 0 unspecified atom stereocenters. The zero-order valence-electron chi connectivity index (χ0n) is 28.5. The molecule has 0 N–H and O–H groups in total. The summed E-state index contributed by atoms with van der Waals surface area (Å²) in [6.07, 6.45) is 4.60. The molecule has 0 saturated heterocycles. The summed E-state index contributed by atoms with van der Waals surface area (Å²) in [6, 6.07) is 36.4. The lowest BCUT2D eigenvalue weighted by molar-refractivity contribution is 0.118. The fraction of sp³-hybridized carbons (Fsp3) is 0.200. The molecule has 7 heteroatoms. The molecular weight excluding hydrogens is 763 g/mol. The highest BCUT2D eigenvalue weighted by Gasteiger charge is 2.22. The molecule has 18 bridgehead atoms. The smallest absolute Gasteiger partial charge is 0.230 e. The largest absolute Gasteiger partial charge is 0.457 e. The van der Waals surface area contributed by atoms with Crippen LogP contribution in [0.3, 0.4) is 0 Å². The Bertz CT molecular complexity index is 2350. The molecule has 0 fully saturated rings. The van der Waals surface area contributed by atoms with E-state index in [1.807, 2.05) is 0 Å². The molecule has 2 aliphatic carbocycles. The minimum Gasteiger partial charge on any atom is -0.457 e. The molecule has 12 heterocycles. The highest BCUT2D eigenvalue weighted by molar-refractivity contribution is 14.1. The Morgan fingerprint density at radius 2 is 0.615 bits per heavy atom. The Labute approximate surface area is 316 Å². The van der Waals surface area contributed by atoms with Gasteiger partial charge in [0.15, 0.2) is 0 Å². The molecule has 12 aliphatic heterocycles. The molecule has 0 spiro atoms. The van der Waals surface area contributed by atoms with Gasteiger partial charge < -0.3 is 28.4 Å². The molecule has 0 radical (unpaired) electrons. The van der Waals surface area contributed by atoms with Crippen molar-refractivity contribution in [2.45, 2.75) is 38.5 Å². The Morgan fingerprint density at radius 3 is 1.00 bits per heavy atom. The maximum absolute atomic E-state index is 6.40. The maximum atomic E-state index is 6.40. The van der Waals surface area contributed by atoms with Crippen molar-refractivity contribution < 1.29 is 28.4 Å². The van der Waals surface area contributed by atoms with Crippen molar-refractivity contribution in [3.05, 3.63) is 173 Å². The molecule has 6 aromatic carbocycles. The minimum atomic E-state index is 0.106. The summed E-state index contributed by atoms with van der Waals surface area (Å²) in [5.41, 5.74) is 14.8. The van der Waals surface area contributed by atoms with E-state index in [9.17, 15) is 0 Å². The summed E-state index contributed by atoms with van der Waals surface area (Å²) in [7, 11) is 0. The van der Waals surface area contributed by atoms with Crippen molar-refractivity contribution in [2.24, 2.45) is 0 Å². The third-order valence-electron chi connectivity index (χ3n) is 10.8. The fourth-order valence-electron chi connectivity index (χ4n) is 7.96. The molecule has 52 heavy (non-hydrogen) atoms. The van der Waals surface area contributed by atoms with Gasteiger partial charge in [0.25, 0.3) is 0 Å². The number of ether oxygens (including phenoxy) is 6. The third-order valence-corrected chi connectivity index (χ3v) is 12.0. The molecule has 0 aromatic heterocycles. The van der Waals surface area contributed by atoms with E-state index in [1.165, 1.54) is 66.8 Å². The summed E-state index contributed by atoms with van der Waals surface area (Å²) in [6.45, 7) is 0.323. The lowest BCUT2D eigenvalue weighted by Crippen LogP contribution is -2.10. The van der Waals surface area contributed by atoms with Crippen LogP contribution in [0.5, 0.6) is 34.5 Å². The molecule has 0 saturated carbocycles. The second-order valence-corrected chi connectivity index (χ2v) is 15.0. The molecule has 20 rings (SSSR count). The number of hydrogen-bond donors (Lipinski definition) is 0. The monoisotopic (exact) mass is 798 g/mol. The van der Waals surface area contributed by atoms with E-state index >= 15 is 0 Å². The van der Waals surface area contributed by atoms with Gasteiger partial charge in [0.05, 0.1) is 3.57 Å². The first-order chi connectivity index (χ1) is 25.6. The minimum absolute atomic E-state index is 0.106. The van der Waals surface area contributed by atoms with E-state index in [1.54, 1.807) is 0 Å². The summed E-state index contributed by atoms with van der Waals surface area (Å²) in [4.78, 5) is 0. The van der Waals surface area contributed by atoms with Crippen LogP contribution < -0.4 is 28.4 Å². The van der Waals surface area contributed by atoms with Gasteiger partial charge in [-0.1, -0.05) is 36.4 Å². The van der Waals surface area contributed by atoms with Crippen molar-refractivity contribution in [1.82, 2.24) is 0 Å². The number of halogens is 1. The van der Waals surface area contributed by atoms with Gasteiger partial charge in [-0.2, -0.15) is 0 Å². The lowest BCUT2D eigenvalue weighted by atomic mass is 9.94. The van der Waals surface area contributed by atoms with Crippen molar-refractivity contribution in [1.29, 1.82) is 0 Å². The summed E-state index contributed by atoms with van der Waals surface area (Å²) in [5.74, 6) is 4.73. The lowest BCUT2D eigenvalue weighted by Gasteiger charge is -2.18. The van der Waals surface area contributed by atoms with Crippen molar-refractivity contribution >= 4 is 22.6 Å². The van der Waals surface area contributed by atoms with E-state index in [4.69, 9.17) is 28.4 Å². The quantitative estimate of drug-likeness (QED) is 0.143. The van der Waals surface area contributed by atoms with E-state index in [-0.39, 0.29) is 20.4 Å². The van der Waals surface area contributed by atoms with Gasteiger partial charge in [-0.3, -0.25) is 0 Å². The summed E-state index contributed by atoms with van der Waals surface area (Å²) >= 11 is 2.45. The van der Waals surface area contributed by atoms with Gasteiger partial charge in [0.2, 0.25) is 20.4 Å². The molecule has 14 aliphatic rings. The Balaban J connectivity index is 1.18. The van der Waals surface area contributed by atoms with Gasteiger partial charge in [-0.25, -0.2) is 0 Å². The Kier molecular flexibility index (Phi) is 7.97. The highest BCUT2D eigenvalue weighted by atomic mass is 127. The van der Waals surface area contributed by atoms with Crippen LogP contribution in [0.25, 0.3) is 0 Å². The highest BCUT2D eigenvalue weighted by Crippen LogP contribution is 2.37. The van der Waals surface area contributed by atoms with Gasteiger partial charge in [-0.05, 0) is 195 Å². The van der Waals surface area contributed by atoms with Crippen molar-refractivity contribution in [2.75, 3.05) is 20.4 Å². The Hall–Kier alpha value is -5.15. The van der Waals surface area contributed by atoms with E-state index in [2.05, 4.69) is 126 Å². The van der Waals surface area contributed by atoms with Crippen LogP contribution in [0, 0.1) is 3.57 Å². The molecule has 0 atom stereocenters. The average Bonchev–Trinajstić information content (AvgIpc) is 3.25. The van der Waals surface area contributed by atoms with E-state index < -0.39 is 0 Å². The predicted octanol–water partition coefficient (Wildman–Crippen LogP) is 9.34. The molecule has 6 aromatic rings. The van der Waals surface area contributed by atoms with Crippen molar-refractivity contribution in [3.63, 3.8) is 0 Å². The van der Waals surface area contributed by atoms with Crippen LogP contribution in [0.15, 0.2) is 103 Å². The molecule has 258 valence electrons.